The van der Waals surface area contributed by atoms with Crippen molar-refractivity contribution in [1.82, 2.24) is 15.5 Å². The smallest absolute Gasteiger partial charge is 0.255 e. The first-order valence-corrected chi connectivity index (χ1v) is 14.6. The first kappa shape index (κ1) is 29.3. The van der Waals surface area contributed by atoms with E-state index in [0.29, 0.717) is 50.2 Å². The molecule has 1 aliphatic carbocycles. The predicted octanol–water partition coefficient (Wildman–Crippen LogP) is 4.04. The van der Waals surface area contributed by atoms with Crippen molar-refractivity contribution in [1.29, 1.82) is 0 Å². The number of likely N-dealkylation sites (N-methyl/N-ethyl adjacent to an activating group) is 1. The zero-order chi connectivity index (χ0) is 29.7. The van der Waals surface area contributed by atoms with E-state index in [9.17, 15) is 14.4 Å². The molecule has 8 heteroatoms. The number of carbonyl (C=O) groups is 3. The molecule has 220 valence electrons. The predicted molar refractivity (Wildman–Crippen MR) is 161 cm³/mol. The Labute approximate surface area is 247 Å². The van der Waals surface area contributed by atoms with Crippen LogP contribution in [0, 0.1) is 0 Å². The normalized spacial score (nSPS) is 23.4. The average Bonchev–Trinajstić information content (AvgIpc) is 3.04. The summed E-state index contributed by atoms with van der Waals surface area (Å²) in [6, 6.07) is 24.6. The van der Waals surface area contributed by atoms with E-state index in [0.717, 1.165) is 16.7 Å². The number of hydrogen-bond donors (Lipinski definition) is 2. The van der Waals surface area contributed by atoms with E-state index < -0.39 is 5.41 Å². The summed E-state index contributed by atoms with van der Waals surface area (Å²) in [5, 5.41) is 6.16. The van der Waals surface area contributed by atoms with Gasteiger partial charge in [0.25, 0.3) is 5.91 Å². The molecule has 2 N–H and O–H groups in total. The van der Waals surface area contributed by atoms with Gasteiger partial charge in [0.15, 0.2) is 0 Å². The lowest BCUT2D eigenvalue weighted by Crippen LogP contribution is -2.57. The molecule has 3 aromatic carbocycles. The molecule has 8 nitrogen and oxygen atoms in total. The van der Waals surface area contributed by atoms with Gasteiger partial charge >= 0.3 is 0 Å². The maximum Gasteiger partial charge on any atom is 0.255 e. The molecule has 0 aromatic heterocycles. The van der Waals surface area contributed by atoms with Gasteiger partial charge in [-0.15, -0.1) is 0 Å². The molecule has 1 fully saturated rings. The van der Waals surface area contributed by atoms with Crippen LogP contribution >= 0.6 is 0 Å². The van der Waals surface area contributed by atoms with Gasteiger partial charge < -0.3 is 25.0 Å². The van der Waals surface area contributed by atoms with Crippen molar-refractivity contribution < 1.29 is 23.9 Å². The van der Waals surface area contributed by atoms with Gasteiger partial charge in [-0.2, -0.15) is 0 Å². The highest BCUT2D eigenvalue weighted by atomic mass is 16.5. The number of nitrogens with zero attached hydrogens (tertiary/aromatic N) is 1. The Balaban J connectivity index is 1.37. The Morgan fingerprint density at radius 1 is 0.929 bits per heavy atom. The molecule has 2 aliphatic rings. The third kappa shape index (κ3) is 5.39. The topological polar surface area (TPSA) is 97.0 Å². The van der Waals surface area contributed by atoms with Gasteiger partial charge in [-0.1, -0.05) is 66.7 Å². The summed E-state index contributed by atoms with van der Waals surface area (Å²) in [5.74, 6) is -0.114. The van der Waals surface area contributed by atoms with Crippen molar-refractivity contribution in [3.05, 3.63) is 101 Å². The first-order valence-electron chi connectivity index (χ1n) is 14.6. The Morgan fingerprint density at radius 3 is 2.38 bits per heavy atom. The van der Waals surface area contributed by atoms with Gasteiger partial charge in [0.2, 0.25) is 11.8 Å². The van der Waals surface area contributed by atoms with Crippen LogP contribution in [0.25, 0.3) is 0 Å². The van der Waals surface area contributed by atoms with Gasteiger partial charge in [0, 0.05) is 26.7 Å². The van der Waals surface area contributed by atoms with E-state index in [2.05, 4.69) is 10.6 Å². The molecule has 4 unspecified atom stereocenters. The number of hydrogen-bond acceptors (Lipinski definition) is 5. The molecule has 5 rings (SSSR count). The number of ether oxygens (including phenoxy) is 2. The van der Waals surface area contributed by atoms with Gasteiger partial charge in [-0.25, -0.2) is 0 Å². The number of fused-ring (bicyclic) bond motifs is 1. The number of carbonyl (C=O) groups excluding carboxylic acids is 3. The zero-order valence-electron chi connectivity index (χ0n) is 24.5. The summed E-state index contributed by atoms with van der Waals surface area (Å²) in [6.07, 6.45) is 1.27. The maximum absolute atomic E-state index is 14.1. The number of piperidine rings is 1. The third-order valence-corrected chi connectivity index (χ3v) is 8.74. The molecule has 1 aliphatic heterocycles. The minimum atomic E-state index is -0.866. The van der Waals surface area contributed by atoms with Gasteiger partial charge in [-0.05, 0) is 55.0 Å². The lowest BCUT2D eigenvalue weighted by atomic mass is 9.62. The molecule has 0 bridgehead atoms. The molecular weight excluding hydrogens is 530 g/mol. The summed E-state index contributed by atoms with van der Waals surface area (Å²) >= 11 is 0. The van der Waals surface area contributed by atoms with E-state index in [1.165, 1.54) is 7.11 Å². The Kier molecular flexibility index (Phi) is 8.92. The molecule has 3 amide bonds. The molecule has 0 radical (unpaired) electrons. The van der Waals surface area contributed by atoms with E-state index in [1.807, 2.05) is 72.5 Å². The number of para-hydroxylation sites is 1. The second-order valence-corrected chi connectivity index (χ2v) is 10.9. The van der Waals surface area contributed by atoms with Gasteiger partial charge in [0.1, 0.15) is 5.75 Å². The summed E-state index contributed by atoms with van der Waals surface area (Å²) in [5.41, 5.74) is 2.30. The molecule has 0 saturated carbocycles. The van der Waals surface area contributed by atoms with E-state index in [1.54, 1.807) is 25.3 Å². The van der Waals surface area contributed by atoms with Crippen LogP contribution in [-0.2, 0) is 19.7 Å². The largest absolute Gasteiger partial charge is 0.496 e. The first-order chi connectivity index (χ1) is 20.4. The number of methoxy groups -OCH3 is 2. The van der Waals surface area contributed by atoms with Crippen molar-refractivity contribution in [2.24, 2.45) is 0 Å². The Bertz CT molecular complexity index is 1430. The lowest BCUT2D eigenvalue weighted by Gasteiger charge is -2.43. The standard InChI is InChI=1S/C34H39N3O5/c1-4-35-33(40)34(23-12-6-5-7-13-23)20-18-25(24-14-8-10-16-27(24)34)32(39)37-21-19-28(30(22-37)42-3)36-31(38)26-15-9-11-17-29(26)41-2/h5-17,25,28,30H,4,18-22H2,1-3H3,(H,35,40)(H,36,38). The summed E-state index contributed by atoms with van der Waals surface area (Å²) in [4.78, 5) is 42.8. The van der Waals surface area contributed by atoms with Crippen LogP contribution in [0.3, 0.4) is 0 Å². The van der Waals surface area contributed by atoms with Crippen molar-refractivity contribution in [2.75, 3.05) is 33.9 Å². The number of amides is 3. The minimum absolute atomic E-state index is 0.0246. The SMILES string of the molecule is CCNC(=O)C1(c2ccccc2)CCC(C(=O)N2CCC(NC(=O)c3ccccc3OC)C(OC)C2)c2ccccc21. The minimum Gasteiger partial charge on any atom is -0.496 e. The lowest BCUT2D eigenvalue weighted by molar-refractivity contribution is -0.138. The molecule has 42 heavy (non-hydrogen) atoms. The van der Waals surface area contributed by atoms with Crippen LogP contribution in [0.2, 0.25) is 0 Å². The van der Waals surface area contributed by atoms with Crippen molar-refractivity contribution in [2.45, 2.75) is 49.7 Å². The maximum atomic E-state index is 14.1. The third-order valence-electron chi connectivity index (χ3n) is 8.74. The fourth-order valence-electron chi connectivity index (χ4n) is 6.62. The number of nitrogens with one attached hydrogen (secondary N) is 2. The Hall–Kier alpha value is -4.17. The monoisotopic (exact) mass is 569 g/mol. The van der Waals surface area contributed by atoms with Crippen LogP contribution in [0.15, 0.2) is 78.9 Å². The van der Waals surface area contributed by atoms with Crippen LogP contribution in [0.4, 0.5) is 0 Å². The molecular formula is C34H39N3O5. The van der Waals surface area contributed by atoms with Crippen LogP contribution in [0.1, 0.15) is 59.2 Å². The fraction of sp³-hybridized carbons (Fsp3) is 0.382. The quantitative estimate of drug-likeness (QED) is 0.427. The zero-order valence-corrected chi connectivity index (χ0v) is 24.5. The van der Waals surface area contributed by atoms with E-state index in [4.69, 9.17) is 9.47 Å². The highest BCUT2D eigenvalue weighted by molar-refractivity contribution is 5.97. The van der Waals surface area contributed by atoms with Crippen LogP contribution in [0.5, 0.6) is 5.75 Å². The van der Waals surface area contributed by atoms with Crippen LogP contribution < -0.4 is 15.4 Å². The number of rotatable bonds is 8. The van der Waals surface area contributed by atoms with Crippen molar-refractivity contribution >= 4 is 17.7 Å². The van der Waals surface area contributed by atoms with E-state index >= 15 is 0 Å². The molecule has 3 aromatic rings. The molecule has 0 spiro atoms. The summed E-state index contributed by atoms with van der Waals surface area (Å²) in [6.45, 7) is 3.31. The number of likely N-dealkylation sites (tertiary alicyclic amines) is 1. The Morgan fingerprint density at radius 2 is 1.64 bits per heavy atom. The number of benzene rings is 3. The fourth-order valence-corrected chi connectivity index (χ4v) is 6.62. The molecule has 4 atom stereocenters. The average molecular weight is 570 g/mol. The van der Waals surface area contributed by atoms with Crippen LogP contribution in [-0.4, -0.2) is 68.6 Å². The molecule has 1 saturated heterocycles. The highest BCUT2D eigenvalue weighted by Crippen LogP contribution is 2.48. The highest BCUT2D eigenvalue weighted by Gasteiger charge is 2.49. The summed E-state index contributed by atoms with van der Waals surface area (Å²) < 4.78 is 11.1. The van der Waals surface area contributed by atoms with E-state index in [-0.39, 0.29) is 35.8 Å². The molecule has 1 heterocycles. The van der Waals surface area contributed by atoms with Crippen molar-refractivity contribution in [3.63, 3.8) is 0 Å². The van der Waals surface area contributed by atoms with Gasteiger partial charge in [-0.3, -0.25) is 14.4 Å². The second kappa shape index (κ2) is 12.8. The van der Waals surface area contributed by atoms with Crippen molar-refractivity contribution in [3.8, 4) is 5.75 Å². The summed E-state index contributed by atoms with van der Waals surface area (Å²) in [7, 11) is 3.15. The van der Waals surface area contributed by atoms with Gasteiger partial charge in [0.05, 0.1) is 36.2 Å². The second-order valence-electron chi connectivity index (χ2n) is 10.9.